The first-order chi connectivity index (χ1) is 9.78. The molecule has 0 fully saturated rings. The van der Waals surface area contributed by atoms with Gasteiger partial charge in [-0.25, -0.2) is 0 Å². The Morgan fingerprint density at radius 2 is 1.85 bits per heavy atom. The fraction of sp³-hybridized carbons (Fsp3) is 0.143. The van der Waals surface area contributed by atoms with Crippen LogP contribution in [0.4, 0.5) is 0 Å². The molecule has 5 nitrogen and oxygen atoms in total. The number of benzene rings is 1. The van der Waals surface area contributed by atoms with E-state index in [9.17, 15) is 0 Å². The topological polar surface area (TPSA) is 48.7 Å². The van der Waals surface area contributed by atoms with Gasteiger partial charge in [-0.15, -0.1) is 10.2 Å². The number of methoxy groups -OCH3 is 1. The maximum Gasteiger partial charge on any atom is 0.179 e. The zero-order valence-electron chi connectivity index (χ0n) is 10.8. The summed E-state index contributed by atoms with van der Waals surface area (Å²) in [5.41, 5.74) is 0.627. The summed E-state index contributed by atoms with van der Waals surface area (Å²) in [7, 11) is 1.63. The van der Waals surface area contributed by atoms with Gasteiger partial charge in [-0.2, -0.15) is 0 Å². The van der Waals surface area contributed by atoms with Crippen molar-refractivity contribution in [3.63, 3.8) is 0 Å². The van der Waals surface area contributed by atoms with Gasteiger partial charge in [-0.3, -0.25) is 4.40 Å². The van der Waals surface area contributed by atoms with E-state index in [1.165, 1.54) is 0 Å². The molecule has 0 atom stereocenters. The summed E-state index contributed by atoms with van der Waals surface area (Å²) in [4.78, 5) is 0. The third kappa shape index (κ3) is 2.40. The summed E-state index contributed by atoms with van der Waals surface area (Å²) in [6.07, 6.45) is 1.86. The van der Waals surface area contributed by atoms with E-state index in [-0.39, 0.29) is 0 Å². The number of nitrogens with zero attached hydrogens (tertiary/aromatic N) is 3. The van der Waals surface area contributed by atoms with Crippen molar-refractivity contribution in [3.05, 3.63) is 53.4 Å². The zero-order chi connectivity index (χ0) is 13.9. The Hall–Kier alpha value is -2.27. The van der Waals surface area contributed by atoms with Crippen LogP contribution in [0.2, 0.25) is 5.02 Å². The Kier molecular flexibility index (Phi) is 3.43. The Morgan fingerprint density at radius 3 is 2.60 bits per heavy atom. The van der Waals surface area contributed by atoms with Crippen molar-refractivity contribution in [3.8, 4) is 11.5 Å². The number of pyridine rings is 1. The van der Waals surface area contributed by atoms with Crippen molar-refractivity contribution < 1.29 is 9.47 Å². The Labute approximate surface area is 120 Å². The average Bonchev–Trinajstić information content (AvgIpc) is 2.90. The lowest BCUT2D eigenvalue weighted by Crippen LogP contribution is -2.01. The van der Waals surface area contributed by atoms with E-state index in [4.69, 9.17) is 21.1 Å². The van der Waals surface area contributed by atoms with Crippen LogP contribution in [0.1, 0.15) is 5.82 Å². The normalized spacial score (nSPS) is 10.7. The lowest BCUT2D eigenvalue weighted by Gasteiger charge is -2.06. The van der Waals surface area contributed by atoms with E-state index in [1.807, 2.05) is 40.9 Å². The molecule has 3 aromatic rings. The monoisotopic (exact) mass is 289 g/mol. The molecule has 3 rings (SSSR count). The standard InChI is InChI=1S/C14H12ClN3O2/c1-19-10-4-6-11(7-5-10)20-9-13-16-17-14-12(15)3-2-8-18(13)14/h2-8H,9H2,1H3. The van der Waals surface area contributed by atoms with Crippen LogP contribution in [0.5, 0.6) is 11.5 Å². The largest absolute Gasteiger partial charge is 0.497 e. The van der Waals surface area contributed by atoms with Crippen molar-refractivity contribution in [2.75, 3.05) is 7.11 Å². The maximum absolute atomic E-state index is 6.04. The molecular formula is C14H12ClN3O2. The molecule has 20 heavy (non-hydrogen) atoms. The molecule has 0 unspecified atom stereocenters. The second-order valence-corrected chi connectivity index (χ2v) is 4.54. The molecule has 0 saturated carbocycles. The van der Waals surface area contributed by atoms with E-state index in [1.54, 1.807) is 13.2 Å². The zero-order valence-corrected chi connectivity index (χ0v) is 11.5. The number of rotatable bonds is 4. The highest BCUT2D eigenvalue weighted by molar-refractivity contribution is 6.33. The van der Waals surface area contributed by atoms with Crippen LogP contribution in [0.25, 0.3) is 5.65 Å². The minimum Gasteiger partial charge on any atom is -0.497 e. The van der Waals surface area contributed by atoms with Crippen molar-refractivity contribution in [2.45, 2.75) is 6.61 Å². The van der Waals surface area contributed by atoms with Gasteiger partial charge in [0.15, 0.2) is 11.5 Å². The highest BCUT2D eigenvalue weighted by Gasteiger charge is 2.08. The second-order valence-electron chi connectivity index (χ2n) is 4.13. The third-order valence-corrected chi connectivity index (χ3v) is 3.18. The van der Waals surface area contributed by atoms with Gasteiger partial charge in [0, 0.05) is 6.20 Å². The van der Waals surface area contributed by atoms with Crippen molar-refractivity contribution in [1.29, 1.82) is 0 Å². The highest BCUT2D eigenvalue weighted by atomic mass is 35.5. The molecule has 6 heteroatoms. The van der Waals surface area contributed by atoms with Crippen LogP contribution < -0.4 is 9.47 Å². The molecule has 2 aromatic heterocycles. The van der Waals surface area contributed by atoms with E-state index in [2.05, 4.69) is 10.2 Å². The van der Waals surface area contributed by atoms with Gasteiger partial charge in [-0.1, -0.05) is 11.6 Å². The summed E-state index contributed by atoms with van der Waals surface area (Å²) >= 11 is 6.04. The summed E-state index contributed by atoms with van der Waals surface area (Å²) in [5, 5.41) is 8.69. The molecule has 2 heterocycles. The fourth-order valence-corrected chi connectivity index (χ4v) is 2.05. The van der Waals surface area contributed by atoms with Gasteiger partial charge in [0.25, 0.3) is 0 Å². The molecule has 0 amide bonds. The molecule has 0 aliphatic heterocycles. The molecule has 1 aromatic carbocycles. The SMILES string of the molecule is COc1ccc(OCc2nnc3c(Cl)cccn23)cc1. The van der Waals surface area contributed by atoms with Crippen molar-refractivity contribution in [2.24, 2.45) is 0 Å². The van der Waals surface area contributed by atoms with Crippen molar-refractivity contribution in [1.82, 2.24) is 14.6 Å². The molecule has 0 N–H and O–H groups in total. The van der Waals surface area contributed by atoms with Crippen LogP contribution in [0, 0.1) is 0 Å². The number of aromatic nitrogens is 3. The first-order valence-electron chi connectivity index (χ1n) is 6.03. The average molecular weight is 290 g/mol. The van der Waals surface area contributed by atoms with Crippen LogP contribution in [-0.2, 0) is 6.61 Å². The minimum absolute atomic E-state index is 0.313. The van der Waals surface area contributed by atoms with Gasteiger partial charge in [-0.05, 0) is 36.4 Å². The molecule has 0 spiro atoms. The first-order valence-corrected chi connectivity index (χ1v) is 6.41. The van der Waals surface area contributed by atoms with E-state index < -0.39 is 0 Å². The summed E-state index contributed by atoms with van der Waals surface area (Å²) in [6, 6.07) is 11.0. The third-order valence-electron chi connectivity index (χ3n) is 2.89. The van der Waals surface area contributed by atoms with Gasteiger partial charge < -0.3 is 9.47 Å². The number of hydrogen-bond acceptors (Lipinski definition) is 4. The summed E-state index contributed by atoms with van der Waals surface area (Å²) in [6.45, 7) is 0.313. The van der Waals surface area contributed by atoms with E-state index in [0.29, 0.717) is 23.1 Å². The molecule has 0 aliphatic carbocycles. The van der Waals surface area contributed by atoms with Crippen LogP contribution in [0.3, 0.4) is 0 Å². The van der Waals surface area contributed by atoms with E-state index >= 15 is 0 Å². The predicted octanol–water partition coefficient (Wildman–Crippen LogP) is 2.97. The van der Waals surface area contributed by atoms with Gasteiger partial charge >= 0.3 is 0 Å². The van der Waals surface area contributed by atoms with Crippen molar-refractivity contribution >= 4 is 17.2 Å². The Bertz CT molecular complexity index is 725. The lowest BCUT2D eigenvalue weighted by molar-refractivity contribution is 0.294. The molecule has 102 valence electrons. The van der Waals surface area contributed by atoms with Crippen LogP contribution in [0.15, 0.2) is 42.6 Å². The highest BCUT2D eigenvalue weighted by Crippen LogP contribution is 2.19. The van der Waals surface area contributed by atoms with Crippen LogP contribution in [-0.4, -0.2) is 21.7 Å². The molecule has 0 saturated heterocycles. The van der Waals surface area contributed by atoms with Gasteiger partial charge in [0.05, 0.1) is 12.1 Å². The smallest absolute Gasteiger partial charge is 0.179 e. The molecule has 0 radical (unpaired) electrons. The number of halogens is 1. The molecule has 0 bridgehead atoms. The quantitative estimate of drug-likeness (QED) is 0.741. The predicted molar refractivity (Wildman–Crippen MR) is 75.3 cm³/mol. The fourth-order valence-electron chi connectivity index (χ4n) is 1.85. The molecule has 0 aliphatic rings. The van der Waals surface area contributed by atoms with Crippen LogP contribution >= 0.6 is 11.6 Å². The maximum atomic E-state index is 6.04. The Morgan fingerprint density at radius 1 is 1.10 bits per heavy atom. The minimum atomic E-state index is 0.313. The summed E-state index contributed by atoms with van der Waals surface area (Å²) < 4.78 is 12.6. The Balaban J connectivity index is 1.78. The van der Waals surface area contributed by atoms with Gasteiger partial charge in [0.2, 0.25) is 0 Å². The number of ether oxygens (including phenoxy) is 2. The number of hydrogen-bond donors (Lipinski definition) is 0. The summed E-state index contributed by atoms with van der Waals surface area (Å²) in [5.74, 6) is 2.22. The molecular weight excluding hydrogens is 278 g/mol. The second kappa shape index (κ2) is 5.38. The van der Waals surface area contributed by atoms with E-state index in [0.717, 1.165) is 11.5 Å². The first kappa shape index (κ1) is 12.7. The lowest BCUT2D eigenvalue weighted by atomic mass is 10.3. The van der Waals surface area contributed by atoms with Gasteiger partial charge in [0.1, 0.15) is 18.1 Å². The number of fused-ring (bicyclic) bond motifs is 1.